The Balaban J connectivity index is 1.73. The number of H-pyrrole nitrogens is 1. The number of benzene rings is 1. The Kier molecular flexibility index (Phi) is 3.46. The molecule has 27 heavy (non-hydrogen) atoms. The Hall–Kier alpha value is -3.29. The van der Waals surface area contributed by atoms with Gasteiger partial charge in [0.15, 0.2) is 11.5 Å². The summed E-state index contributed by atoms with van der Waals surface area (Å²) in [7, 11) is 0. The summed E-state index contributed by atoms with van der Waals surface area (Å²) in [6, 6.07) is 3.70. The third kappa shape index (κ3) is 2.56. The van der Waals surface area contributed by atoms with Gasteiger partial charge in [-0.1, -0.05) is 0 Å². The molecular weight excluding hydrogens is 348 g/mol. The molecule has 2 aromatic heterocycles. The van der Waals surface area contributed by atoms with Gasteiger partial charge in [-0.05, 0) is 37.8 Å². The number of carbonyl (C=O) groups excluding carboxylic acids is 1. The molecule has 8 nitrogen and oxygen atoms in total. The van der Waals surface area contributed by atoms with Gasteiger partial charge in [-0.15, -0.1) is 0 Å². The molecule has 0 bridgehead atoms. The first-order chi connectivity index (χ1) is 13.1. The molecule has 1 fully saturated rings. The van der Waals surface area contributed by atoms with Crippen LogP contribution in [0.2, 0.25) is 0 Å². The van der Waals surface area contributed by atoms with Crippen LogP contribution >= 0.6 is 0 Å². The maximum atomic E-state index is 11.9. The highest BCUT2D eigenvalue weighted by Crippen LogP contribution is 2.48. The van der Waals surface area contributed by atoms with Crippen molar-refractivity contribution in [3.05, 3.63) is 29.7 Å². The number of primary amides is 1. The molecule has 1 amide bonds. The van der Waals surface area contributed by atoms with E-state index in [1.165, 1.54) is 19.2 Å². The van der Waals surface area contributed by atoms with Crippen LogP contribution in [0.1, 0.15) is 28.9 Å². The number of aryl methyl sites for hydroxylation is 1. The average molecular weight is 366 g/mol. The summed E-state index contributed by atoms with van der Waals surface area (Å²) in [5, 5.41) is 0. The topological polar surface area (TPSA) is 112 Å². The molecule has 3 N–H and O–H groups in total. The van der Waals surface area contributed by atoms with Gasteiger partial charge in [0.05, 0.1) is 23.3 Å². The fraction of sp³-hybridized carbons (Fsp3) is 0.316. The van der Waals surface area contributed by atoms with Gasteiger partial charge in [0.1, 0.15) is 23.3 Å². The van der Waals surface area contributed by atoms with Crippen molar-refractivity contribution in [2.45, 2.75) is 19.8 Å². The molecule has 8 heteroatoms. The molecule has 1 aliphatic carbocycles. The number of rotatable bonds is 5. The van der Waals surface area contributed by atoms with Crippen molar-refractivity contribution in [1.82, 2.24) is 15.0 Å². The highest BCUT2D eigenvalue weighted by Gasteiger charge is 2.29. The number of nitrogens with one attached hydrogen (secondary N) is 1. The van der Waals surface area contributed by atoms with E-state index in [1.807, 2.05) is 12.1 Å². The number of carbonyl (C=O) groups is 1. The van der Waals surface area contributed by atoms with Gasteiger partial charge in [0.2, 0.25) is 6.79 Å². The molecule has 5 rings (SSSR count). The van der Waals surface area contributed by atoms with Crippen molar-refractivity contribution >= 4 is 16.9 Å². The summed E-state index contributed by atoms with van der Waals surface area (Å²) in [5.74, 6) is 1.94. The fourth-order valence-electron chi connectivity index (χ4n) is 3.40. The first-order valence-corrected chi connectivity index (χ1v) is 8.82. The second-order valence-electron chi connectivity index (χ2n) is 6.86. The van der Waals surface area contributed by atoms with E-state index in [9.17, 15) is 4.79 Å². The van der Waals surface area contributed by atoms with E-state index in [0.717, 1.165) is 0 Å². The highest BCUT2D eigenvalue weighted by molar-refractivity contribution is 6.09. The number of aromatic nitrogens is 3. The van der Waals surface area contributed by atoms with Gasteiger partial charge in [0.25, 0.3) is 5.91 Å². The minimum atomic E-state index is -0.536. The lowest BCUT2D eigenvalue weighted by Crippen LogP contribution is -2.12. The quantitative estimate of drug-likeness (QED) is 0.718. The highest BCUT2D eigenvalue weighted by atomic mass is 16.7. The van der Waals surface area contributed by atoms with Crippen molar-refractivity contribution in [2.75, 3.05) is 13.4 Å². The number of nitrogens with two attached hydrogens (primary N) is 1. The van der Waals surface area contributed by atoms with Crippen LogP contribution in [0.15, 0.2) is 18.5 Å². The van der Waals surface area contributed by atoms with Crippen molar-refractivity contribution < 1.29 is 19.0 Å². The van der Waals surface area contributed by atoms with Crippen LogP contribution in [0.5, 0.6) is 17.2 Å². The second-order valence-corrected chi connectivity index (χ2v) is 6.86. The van der Waals surface area contributed by atoms with Crippen LogP contribution < -0.4 is 19.9 Å². The van der Waals surface area contributed by atoms with Gasteiger partial charge < -0.3 is 24.9 Å². The van der Waals surface area contributed by atoms with Gasteiger partial charge in [-0.2, -0.15) is 0 Å². The number of hydrogen-bond acceptors (Lipinski definition) is 6. The summed E-state index contributed by atoms with van der Waals surface area (Å²) in [6.45, 7) is 2.57. The summed E-state index contributed by atoms with van der Waals surface area (Å²) in [4.78, 5) is 23.8. The van der Waals surface area contributed by atoms with E-state index >= 15 is 0 Å². The zero-order chi connectivity index (χ0) is 18.5. The minimum Gasteiger partial charge on any atom is -0.492 e. The minimum absolute atomic E-state index is 0.138. The van der Waals surface area contributed by atoms with Crippen molar-refractivity contribution in [3.63, 3.8) is 0 Å². The predicted octanol–water partition coefficient (Wildman–Crippen LogP) is 2.55. The maximum absolute atomic E-state index is 11.9. The molecule has 3 heterocycles. The predicted molar refractivity (Wildman–Crippen MR) is 96.9 cm³/mol. The first kappa shape index (κ1) is 15.9. The Labute approximate surface area is 154 Å². The largest absolute Gasteiger partial charge is 0.492 e. The van der Waals surface area contributed by atoms with E-state index in [-0.39, 0.29) is 6.79 Å². The summed E-state index contributed by atoms with van der Waals surface area (Å²) >= 11 is 0. The standard InChI is InChI=1S/C19H18N4O4/c1-9-13(19(20)24)15-17(23-9)16(22-7-21-15)14-11(25-6-10-2-3-10)4-5-12-18(14)27-8-26-12/h4-5,7,10,23H,2-3,6,8H2,1H3,(H2,20,24). The number of amides is 1. The second kappa shape index (κ2) is 5.87. The van der Waals surface area contributed by atoms with Crippen molar-refractivity contribution in [3.8, 4) is 28.5 Å². The molecule has 0 saturated heterocycles. The molecule has 1 aliphatic heterocycles. The third-order valence-corrected chi connectivity index (χ3v) is 4.93. The van der Waals surface area contributed by atoms with Crippen LogP contribution in [0, 0.1) is 12.8 Å². The lowest BCUT2D eigenvalue weighted by atomic mass is 10.1. The number of ether oxygens (including phenoxy) is 3. The molecule has 1 saturated carbocycles. The molecule has 138 valence electrons. The van der Waals surface area contributed by atoms with Crippen LogP contribution in [-0.2, 0) is 0 Å². The van der Waals surface area contributed by atoms with Gasteiger partial charge >= 0.3 is 0 Å². The number of fused-ring (bicyclic) bond motifs is 2. The Morgan fingerprint density at radius 2 is 2.19 bits per heavy atom. The lowest BCUT2D eigenvalue weighted by Gasteiger charge is -2.13. The van der Waals surface area contributed by atoms with E-state index in [1.54, 1.807) is 6.92 Å². The smallest absolute Gasteiger partial charge is 0.252 e. The number of aromatic amines is 1. The maximum Gasteiger partial charge on any atom is 0.252 e. The average Bonchev–Trinajstić information content (AvgIpc) is 3.23. The third-order valence-electron chi connectivity index (χ3n) is 4.93. The van der Waals surface area contributed by atoms with Gasteiger partial charge in [0, 0.05) is 5.69 Å². The Morgan fingerprint density at radius 3 is 2.96 bits per heavy atom. The van der Waals surface area contributed by atoms with Crippen molar-refractivity contribution in [1.29, 1.82) is 0 Å². The summed E-state index contributed by atoms with van der Waals surface area (Å²) in [6.07, 6.45) is 3.79. The number of nitrogens with zero attached hydrogens (tertiary/aromatic N) is 2. The fourth-order valence-corrected chi connectivity index (χ4v) is 3.40. The molecule has 3 aromatic rings. The van der Waals surface area contributed by atoms with Crippen molar-refractivity contribution in [2.24, 2.45) is 11.7 Å². The Morgan fingerprint density at radius 1 is 1.33 bits per heavy atom. The van der Waals surface area contributed by atoms with E-state index in [4.69, 9.17) is 19.9 Å². The zero-order valence-corrected chi connectivity index (χ0v) is 14.7. The van der Waals surface area contributed by atoms with Gasteiger partial charge in [-0.25, -0.2) is 9.97 Å². The van der Waals surface area contributed by atoms with E-state index in [0.29, 0.717) is 63.3 Å². The molecule has 0 spiro atoms. The lowest BCUT2D eigenvalue weighted by molar-refractivity contribution is 0.100. The van der Waals surface area contributed by atoms with Crippen LogP contribution in [0.3, 0.4) is 0 Å². The molecule has 0 atom stereocenters. The normalized spacial score (nSPS) is 15.3. The molecule has 1 aromatic carbocycles. The first-order valence-electron chi connectivity index (χ1n) is 8.82. The zero-order valence-electron chi connectivity index (χ0n) is 14.7. The van der Waals surface area contributed by atoms with Gasteiger partial charge in [-0.3, -0.25) is 4.79 Å². The van der Waals surface area contributed by atoms with Crippen LogP contribution in [-0.4, -0.2) is 34.3 Å². The molecule has 0 radical (unpaired) electrons. The Bertz CT molecular complexity index is 1070. The van der Waals surface area contributed by atoms with Crippen LogP contribution in [0.4, 0.5) is 0 Å². The molecule has 2 aliphatic rings. The number of hydrogen-bond donors (Lipinski definition) is 2. The van der Waals surface area contributed by atoms with E-state index in [2.05, 4.69) is 15.0 Å². The summed E-state index contributed by atoms with van der Waals surface area (Å²) < 4.78 is 17.3. The molecule has 0 unspecified atom stereocenters. The molecular formula is C19H18N4O4. The van der Waals surface area contributed by atoms with Crippen LogP contribution in [0.25, 0.3) is 22.3 Å². The summed E-state index contributed by atoms with van der Waals surface area (Å²) in [5.41, 5.74) is 8.91. The monoisotopic (exact) mass is 366 g/mol. The SMILES string of the molecule is Cc1[nH]c2c(-c3c(OCC4CC4)ccc4c3OCO4)ncnc2c1C(N)=O. The van der Waals surface area contributed by atoms with E-state index < -0.39 is 5.91 Å².